The molecule has 1 rings (SSSR count). The first-order chi connectivity index (χ1) is 15.3. The molecule has 0 radical (unpaired) electrons. The molecule has 0 amide bonds. The van der Waals surface area contributed by atoms with Crippen molar-refractivity contribution in [2.45, 2.75) is 24.9 Å². The van der Waals surface area contributed by atoms with Gasteiger partial charge in [-0.2, -0.15) is 0 Å². The Kier molecular flexibility index (Phi) is 10.6. The molecule has 1 fully saturated rings. The Morgan fingerprint density at radius 3 is 1.36 bits per heavy atom. The van der Waals surface area contributed by atoms with Crippen molar-refractivity contribution in [2.75, 3.05) is 45.8 Å². The van der Waals surface area contributed by atoms with Crippen LogP contribution in [0.2, 0.25) is 0 Å². The fraction of sp³-hybridized carbons (Fsp3) is 0.667. The first-order valence-electron chi connectivity index (χ1n) is 9.81. The van der Waals surface area contributed by atoms with E-state index in [2.05, 4.69) is 0 Å². The second kappa shape index (κ2) is 12.7. The van der Waals surface area contributed by atoms with Crippen LogP contribution in [0, 0.1) is 5.92 Å². The Morgan fingerprint density at radius 2 is 0.970 bits per heavy atom. The molecule has 0 heterocycles. The predicted molar refractivity (Wildman–Crippen MR) is 106 cm³/mol. The van der Waals surface area contributed by atoms with E-state index in [0.717, 1.165) is 9.80 Å². The van der Waals surface area contributed by atoms with Crippen molar-refractivity contribution in [2.24, 2.45) is 5.92 Å². The lowest BCUT2D eigenvalue weighted by molar-refractivity contribution is -0.150. The number of rotatable bonds is 17. The van der Waals surface area contributed by atoms with Gasteiger partial charge >= 0.3 is 35.8 Å². The van der Waals surface area contributed by atoms with Crippen LogP contribution in [0.1, 0.15) is 12.8 Å². The minimum absolute atomic E-state index is 0.0894. The maximum Gasteiger partial charge on any atom is 0.317 e. The normalized spacial score (nSPS) is 19.9. The van der Waals surface area contributed by atoms with Crippen molar-refractivity contribution in [1.29, 1.82) is 0 Å². The molecule has 15 heteroatoms. The summed E-state index contributed by atoms with van der Waals surface area (Å²) < 4.78 is 0. The SMILES string of the molecule is O=C(O)CCN(CC(=O)O)C1CC(N(CC(=O)O)CC(=O)O)C1CN(CC(=O)O)CC(=O)O. The van der Waals surface area contributed by atoms with Crippen molar-refractivity contribution < 1.29 is 59.4 Å². The fourth-order valence-corrected chi connectivity index (χ4v) is 4.02. The van der Waals surface area contributed by atoms with Crippen LogP contribution in [0.25, 0.3) is 0 Å². The quantitative estimate of drug-likeness (QED) is 0.127. The third kappa shape index (κ3) is 9.80. The molecule has 3 unspecified atom stereocenters. The van der Waals surface area contributed by atoms with E-state index >= 15 is 0 Å². The van der Waals surface area contributed by atoms with E-state index in [1.807, 2.05) is 0 Å². The molecule has 0 saturated heterocycles. The number of hydrogen-bond donors (Lipinski definition) is 6. The van der Waals surface area contributed by atoms with Gasteiger partial charge < -0.3 is 30.6 Å². The van der Waals surface area contributed by atoms with Crippen LogP contribution in [0.3, 0.4) is 0 Å². The first kappa shape index (κ1) is 27.7. The number of aliphatic carboxylic acids is 6. The molecule has 15 nitrogen and oxygen atoms in total. The maximum absolute atomic E-state index is 11.3. The first-order valence-corrected chi connectivity index (χ1v) is 9.81. The fourth-order valence-electron chi connectivity index (χ4n) is 4.02. The molecule has 0 aromatic rings. The number of nitrogens with zero attached hydrogens (tertiary/aromatic N) is 3. The van der Waals surface area contributed by atoms with Crippen LogP contribution < -0.4 is 0 Å². The minimum Gasteiger partial charge on any atom is -0.481 e. The average Bonchev–Trinajstić information content (AvgIpc) is 2.60. The summed E-state index contributed by atoms with van der Waals surface area (Å²) in [6.07, 6.45) is -0.310. The minimum atomic E-state index is -1.33. The van der Waals surface area contributed by atoms with E-state index in [-0.39, 0.29) is 19.5 Å². The lowest BCUT2D eigenvalue weighted by atomic mass is 9.71. The monoisotopic (exact) mass is 477 g/mol. The van der Waals surface area contributed by atoms with Gasteiger partial charge in [0.2, 0.25) is 0 Å². The summed E-state index contributed by atoms with van der Waals surface area (Å²) in [6.45, 7) is -3.62. The van der Waals surface area contributed by atoms with Gasteiger partial charge in [0.25, 0.3) is 0 Å². The highest BCUT2D eigenvalue weighted by Gasteiger charge is 2.48. The zero-order valence-corrected chi connectivity index (χ0v) is 17.6. The van der Waals surface area contributed by atoms with Gasteiger partial charge in [0.1, 0.15) is 0 Å². The molecule has 0 aliphatic heterocycles. The van der Waals surface area contributed by atoms with Crippen LogP contribution in [0.15, 0.2) is 0 Å². The van der Waals surface area contributed by atoms with E-state index in [1.165, 1.54) is 4.90 Å². The Hall–Kier alpha value is -3.30. The molecular formula is C18H27N3O12. The summed E-state index contributed by atoms with van der Waals surface area (Å²) in [4.78, 5) is 70.6. The summed E-state index contributed by atoms with van der Waals surface area (Å²) >= 11 is 0. The standard InChI is InChI=1S/C18H27N3O12/c22-13(23)1-2-20(7-16(28)29)11-3-12(21(8-17(30)31)9-18(32)33)10(11)4-19(5-14(24)25)6-15(26)27/h10-12H,1-9H2,(H,22,23)(H,24,25)(H,26,27)(H,28,29)(H,30,31)(H,32,33). The van der Waals surface area contributed by atoms with Gasteiger partial charge in [0.15, 0.2) is 0 Å². The third-order valence-electron chi connectivity index (χ3n) is 5.22. The van der Waals surface area contributed by atoms with E-state index in [9.17, 15) is 33.9 Å². The predicted octanol–water partition coefficient (Wildman–Crippen LogP) is -2.45. The molecule has 186 valence electrons. The largest absolute Gasteiger partial charge is 0.481 e. The summed E-state index contributed by atoms with van der Waals surface area (Å²) in [5, 5.41) is 54.7. The molecule has 1 aliphatic rings. The summed E-state index contributed by atoms with van der Waals surface area (Å²) in [5.41, 5.74) is 0. The van der Waals surface area contributed by atoms with Crippen LogP contribution in [0.5, 0.6) is 0 Å². The zero-order chi connectivity index (χ0) is 25.3. The summed E-state index contributed by atoms with van der Waals surface area (Å²) in [6, 6.07) is -1.41. The van der Waals surface area contributed by atoms with E-state index in [0.29, 0.717) is 0 Å². The van der Waals surface area contributed by atoms with Crippen LogP contribution in [-0.2, 0) is 28.8 Å². The van der Waals surface area contributed by atoms with Crippen molar-refractivity contribution in [3.63, 3.8) is 0 Å². The lowest BCUT2D eigenvalue weighted by Gasteiger charge is -2.54. The van der Waals surface area contributed by atoms with Gasteiger partial charge in [0.05, 0.1) is 39.1 Å². The highest BCUT2D eigenvalue weighted by molar-refractivity contribution is 5.73. The van der Waals surface area contributed by atoms with Crippen LogP contribution in [-0.4, -0.2) is 139 Å². The molecule has 3 atom stereocenters. The second-order valence-electron chi connectivity index (χ2n) is 7.69. The van der Waals surface area contributed by atoms with E-state index in [4.69, 9.17) is 25.5 Å². The smallest absolute Gasteiger partial charge is 0.317 e. The second-order valence-corrected chi connectivity index (χ2v) is 7.69. The number of carbonyl (C=O) groups is 6. The lowest BCUT2D eigenvalue weighted by Crippen LogP contribution is -2.66. The van der Waals surface area contributed by atoms with Crippen molar-refractivity contribution in [1.82, 2.24) is 14.7 Å². The molecule has 0 aromatic carbocycles. The van der Waals surface area contributed by atoms with Crippen molar-refractivity contribution >= 4 is 35.8 Å². The average molecular weight is 477 g/mol. The van der Waals surface area contributed by atoms with Gasteiger partial charge in [-0.1, -0.05) is 0 Å². The molecule has 0 aromatic heterocycles. The van der Waals surface area contributed by atoms with Gasteiger partial charge in [-0.3, -0.25) is 43.5 Å². The van der Waals surface area contributed by atoms with Crippen molar-refractivity contribution in [3.05, 3.63) is 0 Å². The summed E-state index contributed by atoms with van der Waals surface area (Å²) in [7, 11) is 0. The van der Waals surface area contributed by atoms with Crippen LogP contribution in [0.4, 0.5) is 0 Å². The maximum atomic E-state index is 11.3. The molecule has 6 N–H and O–H groups in total. The van der Waals surface area contributed by atoms with Crippen molar-refractivity contribution in [3.8, 4) is 0 Å². The molecule has 33 heavy (non-hydrogen) atoms. The Balaban J connectivity index is 3.24. The Morgan fingerprint density at radius 1 is 0.576 bits per heavy atom. The summed E-state index contributed by atoms with van der Waals surface area (Å²) in [5.74, 6) is -8.48. The number of carboxylic acids is 6. The van der Waals surface area contributed by atoms with Gasteiger partial charge in [-0.05, 0) is 6.42 Å². The van der Waals surface area contributed by atoms with Gasteiger partial charge in [-0.25, -0.2) is 0 Å². The van der Waals surface area contributed by atoms with E-state index < -0.39 is 93.0 Å². The van der Waals surface area contributed by atoms with Crippen LogP contribution >= 0.6 is 0 Å². The van der Waals surface area contributed by atoms with E-state index in [1.54, 1.807) is 0 Å². The Labute approximate surface area is 187 Å². The highest BCUT2D eigenvalue weighted by atomic mass is 16.4. The molecule has 0 spiro atoms. The molecular weight excluding hydrogens is 450 g/mol. The van der Waals surface area contributed by atoms with Gasteiger partial charge in [-0.15, -0.1) is 0 Å². The molecule has 1 saturated carbocycles. The molecule has 0 bridgehead atoms. The topological polar surface area (TPSA) is 234 Å². The number of carboxylic acid groups (broad SMARTS) is 6. The zero-order valence-electron chi connectivity index (χ0n) is 17.6. The third-order valence-corrected chi connectivity index (χ3v) is 5.22. The molecule has 1 aliphatic carbocycles. The highest BCUT2D eigenvalue weighted by Crippen LogP contribution is 2.37. The number of hydrogen-bond acceptors (Lipinski definition) is 9. The van der Waals surface area contributed by atoms with Gasteiger partial charge in [0, 0.05) is 31.1 Å². The Bertz CT molecular complexity index is 741.